The van der Waals surface area contributed by atoms with Crippen molar-refractivity contribution >= 4 is 17.3 Å². The Labute approximate surface area is 126 Å². The summed E-state index contributed by atoms with van der Waals surface area (Å²) in [4.78, 5) is 18.1. The highest BCUT2D eigenvalue weighted by atomic mass is 16.5. The number of amides is 1. The second-order valence-electron chi connectivity index (χ2n) is 5.11. The molecular weight excluding hydrogens is 268 g/mol. The van der Waals surface area contributed by atoms with Crippen LogP contribution < -0.4 is 20.7 Å². The van der Waals surface area contributed by atoms with Crippen molar-refractivity contribution in [2.45, 2.75) is 32.1 Å². The van der Waals surface area contributed by atoms with E-state index in [-0.39, 0.29) is 5.91 Å². The Bertz CT molecular complexity index is 449. The maximum absolute atomic E-state index is 12.1. The van der Waals surface area contributed by atoms with E-state index in [1.807, 2.05) is 25.1 Å². The van der Waals surface area contributed by atoms with Gasteiger partial charge in [0.2, 0.25) is 11.8 Å². The molecule has 0 saturated carbocycles. The van der Waals surface area contributed by atoms with Crippen molar-refractivity contribution in [3.8, 4) is 5.88 Å². The Kier molecular flexibility index (Phi) is 7.53. The molecule has 0 aliphatic heterocycles. The van der Waals surface area contributed by atoms with Crippen molar-refractivity contribution in [1.29, 1.82) is 0 Å². The molecule has 0 fully saturated rings. The van der Waals surface area contributed by atoms with E-state index in [0.29, 0.717) is 24.5 Å². The number of nitrogens with zero attached hydrogens (tertiary/aromatic N) is 2. The lowest BCUT2D eigenvalue weighted by atomic mass is 10.1. The molecule has 0 radical (unpaired) electrons. The maximum Gasteiger partial charge on any atom is 0.239 e. The predicted molar refractivity (Wildman–Crippen MR) is 85.9 cm³/mol. The number of rotatable bonds is 9. The van der Waals surface area contributed by atoms with E-state index in [9.17, 15) is 4.79 Å². The van der Waals surface area contributed by atoms with E-state index in [1.165, 1.54) is 0 Å². The summed E-state index contributed by atoms with van der Waals surface area (Å²) in [7, 11) is 5.37. The third kappa shape index (κ3) is 5.59. The van der Waals surface area contributed by atoms with E-state index < -0.39 is 0 Å². The van der Waals surface area contributed by atoms with Gasteiger partial charge in [-0.05, 0) is 25.5 Å². The highest BCUT2D eigenvalue weighted by Crippen LogP contribution is 2.32. The van der Waals surface area contributed by atoms with E-state index in [4.69, 9.17) is 10.5 Å². The molecule has 6 nitrogen and oxygen atoms in total. The minimum Gasteiger partial charge on any atom is -0.479 e. The van der Waals surface area contributed by atoms with Gasteiger partial charge in [-0.3, -0.25) is 4.79 Å². The Hall–Kier alpha value is -1.82. The second kappa shape index (κ2) is 9.18. The van der Waals surface area contributed by atoms with Crippen molar-refractivity contribution in [1.82, 2.24) is 4.98 Å². The van der Waals surface area contributed by atoms with Crippen LogP contribution in [0, 0.1) is 0 Å². The van der Waals surface area contributed by atoms with Crippen LogP contribution in [0.1, 0.15) is 32.1 Å². The molecule has 0 aromatic carbocycles. The van der Waals surface area contributed by atoms with Gasteiger partial charge in [0.15, 0.2) is 0 Å². The fourth-order valence-corrected chi connectivity index (χ4v) is 2.06. The number of anilines is 2. The topological polar surface area (TPSA) is 80.5 Å². The van der Waals surface area contributed by atoms with Gasteiger partial charge >= 0.3 is 0 Å². The first-order chi connectivity index (χ1) is 10.1. The number of carbonyl (C=O) groups excluding carboxylic acids is 1. The molecule has 0 aliphatic rings. The number of unbranched alkanes of at least 4 members (excludes halogenated alkanes) is 3. The summed E-state index contributed by atoms with van der Waals surface area (Å²) in [6.07, 6.45) is 6.14. The average Bonchev–Trinajstić information content (AvgIpc) is 2.47. The Morgan fingerprint density at radius 2 is 2.05 bits per heavy atom. The summed E-state index contributed by atoms with van der Waals surface area (Å²) in [6, 6.07) is 1.85. The van der Waals surface area contributed by atoms with Gasteiger partial charge in [0.25, 0.3) is 0 Å². The number of carbonyl (C=O) groups is 1. The number of nitrogens with one attached hydrogen (secondary N) is 1. The van der Waals surface area contributed by atoms with Crippen molar-refractivity contribution in [2.24, 2.45) is 5.73 Å². The molecule has 1 aromatic rings. The van der Waals surface area contributed by atoms with Gasteiger partial charge < -0.3 is 20.7 Å². The number of hydrogen-bond donors (Lipinski definition) is 2. The minimum absolute atomic E-state index is 0.0165. The molecule has 1 rings (SSSR count). The number of pyridine rings is 1. The summed E-state index contributed by atoms with van der Waals surface area (Å²) in [5, 5.41) is 2.91. The highest BCUT2D eigenvalue weighted by molar-refractivity contribution is 5.95. The summed E-state index contributed by atoms with van der Waals surface area (Å²) in [5.41, 5.74) is 6.94. The molecule has 0 aliphatic carbocycles. The molecule has 1 amide bonds. The number of methoxy groups -OCH3 is 1. The maximum atomic E-state index is 12.1. The van der Waals surface area contributed by atoms with Crippen LogP contribution in [0.2, 0.25) is 0 Å². The minimum atomic E-state index is -0.0165. The third-order valence-electron chi connectivity index (χ3n) is 3.19. The van der Waals surface area contributed by atoms with Gasteiger partial charge in [-0.15, -0.1) is 0 Å². The smallest absolute Gasteiger partial charge is 0.239 e. The van der Waals surface area contributed by atoms with Crippen LogP contribution in [0.4, 0.5) is 11.4 Å². The molecule has 118 valence electrons. The third-order valence-corrected chi connectivity index (χ3v) is 3.19. The van der Waals surface area contributed by atoms with Crippen molar-refractivity contribution in [3.05, 3.63) is 12.3 Å². The average molecular weight is 294 g/mol. The number of ether oxygens (including phenoxy) is 1. The normalized spacial score (nSPS) is 10.3. The van der Waals surface area contributed by atoms with Crippen LogP contribution in [0.3, 0.4) is 0 Å². The van der Waals surface area contributed by atoms with Gasteiger partial charge in [0.05, 0.1) is 12.8 Å². The standard InChI is InChI=1S/C15H26N4O2/c1-19(2)12-9-11-17-15(21-3)14(12)18-13(20)8-6-4-5-7-10-16/h9,11H,4-8,10,16H2,1-3H3,(H,18,20). The van der Waals surface area contributed by atoms with Crippen LogP contribution in [-0.4, -0.2) is 38.6 Å². The zero-order chi connectivity index (χ0) is 15.7. The van der Waals surface area contributed by atoms with Gasteiger partial charge in [0, 0.05) is 26.7 Å². The quantitative estimate of drug-likeness (QED) is 0.681. The van der Waals surface area contributed by atoms with E-state index >= 15 is 0 Å². The molecule has 0 saturated heterocycles. The fraction of sp³-hybridized carbons (Fsp3) is 0.600. The summed E-state index contributed by atoms with van der Waals surface area (Å²) >= 11 is 0. The Balaban J connectivity index is 2.62. The first-order valence-electron chi connectivity index (χ1n) is 7.30. The molecule has 0 spiro atoms. The molecule has 1 heterocycles. The highest BCUT2D eigenvalue weighted by Gasteiger charge is 2.14. The zero-order valence-corrected chi connectivity index (χ0v) is 13.2. The summed E-state index contributed by atoms with van der Waals surface area (Å²) < 4.78 is 5.23. The zero-order valence-electron chi connectivity index (χ0n) is 13.2. The number of nitrogens with two attached hydrogens (primary N) is 1. The molecule has 6 heteroatoms. The lowest BCUT2D eigenvalue weighted by Crippen LogP contribution is -2.17. The molecule has 0 unspecified atom stereocenters. The lowest BCUT2D eigenvalue weighted by Gasteiger charge is -2.19. The van der Waals surface area contributed by atoms with Crippen LogP contribution in [0.5, 0.6) is 5.88 Å². The molecule has 21 heavy (non-hydrogen) atoms. The van der Waals surface area contributed by atoms with Crippen LogP contribution in [0.15, 0.2) is 12.3 Å². The number of hydrogen-bond acceptors (Lipinski definition) is 5. The molecule has 0 atom stereocenters. The van der Waals surface area contributed by atoms with E-state index in [2.05, 4.69) is 10.3 Å². The lowest BCUT2D eigenvalue weighted by molar-refractivity contribution is -0.116. The SMILES string of the molecule is COc1nccc(N(C)C)c1NC(=O)CCCCCCN. The van der Waals surface area contributed by atoms with Gasteiger partial charge in [0.1, 0.15) is 5.69 Å². The monoisotopic (exact) mass is 294 g/mol. The molecular formula is C15H26N4O2. The Morgan fingerprint density at radius 1 is 1.33 bits per heavy atom. The first-order valence-corrected chi connectivity index (χ1v) is 7.30. The summed E-state index contributed by atoms with van der Waals surface area (Å²) in [5.74, 6) is 0.412. The number of aromatic nitrogens is 1. The summed E-state index contributed by atoms with van der Waals surface area (Å²) in [6.45, 7) is 0.714. The largest absolute Gasteiger partial charge is 0.479 e. The fourth-order valence-electron chi connectivity index (χ4n) is 2.06. The van der Waals surface area contributed by atoms with Crippen molar-refractivity contribution in [2.75, 3.05) is 38.0 Å². The molecule has 1 aromatic heterocycles. The van der Waals surface area contributed by atoms with Crippen LogP contribution in [0.25, 0.3) is 0 Å². The van der Waals surface area contributed by atoms with Crippen LogP contribution in [-0.2, 0) is 4.79 Å². The van der Waals surface area contributed by atoms with E-state index in [0.717, 1.165) is 31.4 Å². The van der Waals surface area contributed by atoms with E-state index in [1.54, 1.807) is 13.3 Å². The van der Waals surface area contributed by atoms with Crippen LogP contribution >= 0.6 is 0 Å². The second-order valence-corrected chi connectivity index (χ2v) is 5.11. The first kappa shape index (κ1) is 17.2. The molecule has 3 N–H and O–H groups in total. The van der Waals surface area contributed by atoms with Gasteiger partial charge in [-0.2, -0.15) is 0 Å². The van der Waals surface area contributed by atoms with Crippen molar-refractivity contribution in [3.63, 3.8) is 0 Å². The molecule has 0 bridgehead atoms. The predicted octanol–water partition coefficient (Wildman–Crippen LogP) is 2.00. The van der Waals surface area contributed by atoms with Crippen molar-refractivity contribution < 1.29 is 9.53 Å². The van der Waals surface area contributed by atoms with Gasteiger partial charge in [-0.1, -0.05) is 12.8 Å². The Morgan fingerprint density at radius 3 is 2.67 bits per heavy atom. The van der Waals surface area contributed by atoms with Gasteiger partial charge in [-0.25, -0.2) is 4.98 Å².